The first kappa shape index (κ1) is 12.4. The normalized spacial score (nSPS) is 19.1. The van der Waals surface area contributed by atoms with E-state index >= 15 is 0 Å². The highest BCUT2D eigenvalue weighted by atomic mass is 15.2. The van der Waals surface area contributed by atoms with Crippen molar-refractivity contribution in [2.45, 2.75) is 25.8 Å². The first-order chi connectivity index (χ1) is 9.38. The summed E-state index contributed by atoms with van der Waals surface area (Å²) in [5.41, 5.74) is 4.50. The summed E-state index contributed by atoms with van der Waals surface area (Å²) in [6.45, 7) is 4.59. The number of hydrogen-bond donors (Lipinski definition) is 0. The molecule has 0 fully saturated rings. The van der Waals surface area contributed by atoms with Crippen molar-refractivity contribution < 1.29 is 0 Å². The maximum atomic E-state index is 2.61. The van der Waals surface area contributed by atoms with E-state index in [0.717, 1.165) is 13.0 Å². The maximum Gasteiger partial charge on any atom is 0.0391 e. The molecule has 1 aliphatic rings. The van der Waals surface area contributed by atoms with Crippen molar-refractivity contribution in [2.75, 3.05) is 13.1 Å². The third-order valence-electron chi connectivity index (χ3n) is 4.20. The smallest absolute Gasteiger partial charge is 0.0391 e. The minimum atomic E-state index is 0.539. The van der Waals surface area contributed by atoms with Crippen LogP contribution in [0.15, 0.2) is 54.6 Å². The largest absolute Gasteiger partial charge is 0.296 e. The van der Waals surface area contributed by atoms with Gasteiger partial charge in [0, 0.05) is 12.6 Å². The zero-order valence-electron chi connectivity index (χ0n) is 11.5. The first-order valence-corrected chi connectivity index (χ1v) is 7.24. The van der Waals surface area contributed by atoms with Gasteiger partial charge in [0.15, 0.2) is 0 Å². The number of hydrogen-bond acceptors (Lipinski definition) is 1. The molecule has 0 saturated carbocycles. The summed E-state index contributed by atoms with van der Waals surface area (Å²) in [6, 6.07) is 20.3. The second-order valence-corrected chi connectivity index (χ2v) is 5.28. The molecule has 0 N–H and O–H groups in total. The SMILES string of the molecule is CCN1CCc2ccccc2C1Cc1ccccc1. The summed E-state index contributed by atoms with van der Waals surface area (Å²) in [6.07, 6.45) is 2.31. The molecule has 0 saturated heterocycles. The highest BCUT2D eigenvalue weighted by Gasteiger charge is 2.25. The lowest BCUT2D eigenvalue weighted by Crippen LogP contribution is -2.36. The molecule has 0 bridgehead atoms. The van der Waals surface area contributed by atoms with Crippen molar-refractivity contribution in [3.8, 4) is 0 Å². The summed E-state index contributed by atoms with van der Waals surface area (Å²) in [7, 11) is 0. The molecule has 0 amide bonds. The van der Waals surface area contributed by atoms with Gasteiger partial charge in [0.25, 0.3) is 0 Å². The molecule has 1 heterocycles. The van der Waals surface area contributed by atoms with Crippen LogP contribution in [0.3, 0.4) is 0 Å². The maximum absolute atomic E-state index is 2.61. The Morgan fingerprint density at radius 3 is 2.53 bits per heavy atom. The second kappa shape index (κ2) is 5.58. The molecule has 0 radical (unpaired) electrons. The third-order valence-corrected chi connectivity index (χ3v) is 4.20. The molecule has 2 aromatic rings. The molecule has 1 atom stereocenters. The number of nitrogens with zero attached hydrogens (tertiary/aromatic N) is 1. The predicted molar refractivity (Wildman–Crippen MR) is 80.3 cm³/mol. The van der Waals surface area contributed by atoms with Gasteiger partial charge in [-0.05, 0) is 36.1 Å². The molecule has 1 heteroatoms. The zero-order valence-corrected chi connectivity index (χ0v) is 11.5. The van der Waals surface area contributed by atoms with Crippen LogP contribution in [0.25, 0.3) is 0 Å². The number of benzene rings is 2. The summed E-state index contributed by atoms with van der Waals surface area (Å²) < 4.78 is 0. The molecule has 98 valence electrons. The van der Waals surface area contributed by atoms with Gasteiger partial charge in [0.2, 0.25) is 0 Å². The number of rotatable bonds is 3. The molecule has 0 aromatic heterocycles. The zero-order chi connectivity index (χ0) is 13.1. The standard InChI is InChI=1S/C18H21N/c1-2-19-13-12-16-10-6-7-11-17(16)18(19)14-15-8-4-3-5-9-15/h3-11,18H,2,12-14H2,1H3. The van der Waals surface area contributed by atoms with E-state index in [4.69, 9.17) is 0 Å². The lowest BCUT2D eigenvalue weighted by molar-refractivity contribution is 0.194. The lowest BCUT2D eigenvalue weighted by Gasteiger charge is -2.37. The van der Waals surface area contributed by atoms with Gasteiger partial charge in [-0.2, -0.15) is 0 Å². The van der Waals surface area contributed by atoms with E-state index in [1.54, 1.807) is 0 Å². The van der Waals surface area contributed by atoms with Gasteiger partial charge in [0.05, 0.1) is 0 Å². The summed E-state index contributed by atoms with van der Waals surface area (Å²) in [4.78, 5) is 2.61. The third kappa shape index (κ3) is 2.57. The van der Waals surface area contributed by atoms with E-state index in [1.165, 1.54) is 29.7 Å². The second-order valence-electron chi connectivity index (χ2n) is 5.28. The molecule has 2 aromatic carbocycles. The first-order valence-electron chi connectivity index (χ1n) is 7.24. The Hall–Kier alpha value is -1.60. The van der Waals surface area contributed by atoms with E-state index in [1.807, 2.05) is 0 Å². The van der Waals surface area contributed by atoms with Crippen molar-refractivity contribution in [1.29, 1.82) is 0 Å². The Morgan fingerprint density at radius 1 is 1.00 bits per heavy atom. The Bertz CT molecular complexity index is 532. The van der Waals surface area contributed by atoms with Crippen LogP contribution in [0.1, 0.15) is 29.7 Å². The van der Waals surface area contributed by atoms with Crippen LogP contribution in [0.2, 0.25) is 0 Å². The van der Waals surface area contributed by atoms with Crippen LogP contribution < -0.4 is 0 Å². The average molecular weight is 251 g/mol. The fraction of sp³-hybridized carbons (Fsp3) is 0.333. The number of fused-ring (bicyclic) bond motifs is 1. The van der Waals surface area contributed by atoms with Crippen LogP contribution in [0.4, 0.5) is 0 Å². The molecular formula is C18H21N. The van der Waals surface area contributed by atoms with Gasteiger partial charge in [0.1, 0.15) is 0 Å². The Morgan fingerprint density at radius 2 is 1.74 bits per heavy atom. The van der Waals surface area contributed by atoms with Gasteiger partial charge in [-0.15, -0.1) is 0 Å². The molecule has 1 aliphatic heterocycles. The van der Waals surface area contributed by atoms with Crippen molar-refractivity contribution in [2.24, 2.45) is 0 Å². The van der Waals surface area contributed by atoms with Gasteiger partial charge >= 0.3 is 0 Å². The minimum absolute atomic E-state index is 0.539. The average Bonchev–Trinajstić information content (AvgIpc) is 2.49. The fourth-order valence-electron chi connectivity index (χ4n) is 3.16. The van der Waals surface area contributed by atoms with Crippen LogP contribution in [-0.2, 0) is 12.8 Å². The van der Waals surface area contributed by atoms with Crippen LogP contribution >= 0.6 is 0 Å². The molecule has 19 heavy (non-hydrogen) atoms. The van der Waals surface area contributed by atoms with E-state index in [0.29, 0.717) is 6.04 Å². The van der Waals surface area contributed by atoms with E-state index < -0.39 is 0 Å². The van der Waals surface area contributed by atoms with Gasteiger partial charge in [-0.3, -0.25) is 4.90 Å². The Balaban J connectivity index is 1.92. The van der Waals surface area contributed by atoms with Crippen molar-refractivity contribution >= 4 is 0 Å². The van der Waals surface area contributed by atoms with Crippen molar-refractivity contribution in [3.05, 3.63) is 71.3 Å². The van der Waals surface area contributed by atoms with E-state index in [-0.39, 0.29) is 0 Å². The summed E-state index contributed by atoms with van der Waals surface area (Å²) >= 11 is 0. The summed E-state index contributed by atoms with van der Waals surface area (Å²) in [5.74, 6) is 0. The number of likely N-dealkylation sites (N-methyl/N-ethyl adjacent to an activating group) is 1. The Kier molecular flexibility index (Phi) is 3.65. The lowest BCUT2D eigenvalue weighted by atomic mass is 9.89. The Labute approximate surface area is 115 Å². The van der Waals surface area contributed by atoms with Crippen LogP contribution in [-0.4, -0.2) is 18.0 Å². The van der Waals surface area contributed by atoms with Crippen LogP contribution in [0.5, 0.6) is 0 Å². The molecule has 1 nitrogen and oxygen atoms in total. The predicted octanol–water partition coefficient (Wildman–Crippen LogP) is 3.85. The minimum Gasteiger partial charge on any atom is -0.296 e. The molecule has 0 spiro atoms. The topological polar surface area (TPSA) is 3.24 Å². The molecular weight excluding hydrogens is 230 g/mol. The van der Waals surface area contributed by atoms with Gasteiger partial charge in [-0.1, -0.05) is 61.5 Å². The monoisotopic (exact) mass is 251 g/mol. The quantitative estimate of drug-likeness (QED) is 0.801. The van der Waals surface area contributed by atoms with Crippen LogP contribution in [0, 0.1) is 0 Å². The van der Waals surface area contributed by atoms with Gasteiger partial charge in [-0.25, -0.2) is 0 Å². The van der Waals surface area contributed by atoms with Crippen molar-refractivity contribution in [3.63, 3.8) is 0 Å². The molecule has 1 unspecified atom stereocenters. The summed E-state index contributed by atoms with van der Waals surface area (Å²) in [5, 5.41) is 0. The highest BCUT2D eigenvalue weighted by Crippen LogP contribution is 2.32. The molecule has 3 rings (SSSR count). The highest BCUT2D eigenvalue weighted by molar-refractivity contribution is 5.34. The van der Waals surface area contributed by atoms with E-state index in [2.05, 4.69) is 66.4 Å². The van der Waals surface area contributed by atoms with Crippen molar-refractivity contribution in [1.82, 2.24) is 4.90 Å². The molecule has 0 aliphatic carbocycles. The van der Waals surface area contributed by atoms with E-state index in [9.17, 15) is 0 Å². The van der Waals surface area contributed by atoms with Gasteiger partial charge < -0.3 is 0 Å². The fourth-order valence-corrected chi connectivity index (χ4v) is 3.16.